The second kappa shape index (κ2) is 25.7. The molecular formula is C84H60N10O12. The fourth-order valence-electron chi connectivity index (χ4n) is 15.4. The van der Waals surface area contributed by atoms with Gasteiger partial charge in [0.1, 0.15) is 12.1 Å². The van der Waals surface area contributed by atoms with Gasteiger partial charge in [-0.1, -0.05) is 84.9 Å². The van der Waals surface area contributed by atoms with Gasteiger partial charge in [-0.15, -0.1) is 0 Å². The predicted molar refractivity (Wildman–Crippen MR) is 400 cm³/mol. The van der Waals surface area contributed by atoms with Gasteiger partial charge in [0.2, 0.25) is 0 Å². The highest BCUT2D eigenvalue weighted by Gasteiger charge is 2.43. The number of benzene rings is 8. The molecule has 518 valence electrons. The molecule has 0 fully saturated rings. The number of unbranched alkanes of at least 4 members (excludes halogenated alkanes) is 2. The summed E-state index contributed by atoms with van der Waals surface area (Å²) in [7, 11) is 0. The lowest BCUT2D eigenvalue weighted by atomic mass is 9.85. The van der Waals surface area contributed by atoms with Crippen LogP contribution in [0.3, 0.4) is 0 Å². The smallest absolute Gasteiger partial charge is 0.320 e. The van der Waals surface area contributed by atoms with Crippen molar-refractivity contribution in [2.45, 2.75) is 50.6 Å². The number of carboxylic acids is 2. The van der Waals surface area contributed by atoms with E-state index >= 15 is 0 Å². The fourth-order valence-corrected chi connectivity index (χ4v) is 15.4. The summed E-state index contributed by atoms with van der Waals surface area (Å²) in [6.07, 6.45) is 9.50. The van der Waals surface area contributed by atoms with E-state index in [9.17, 15) is 58.2 Å². The Morgan fingerprint density at radius 2 is 0.585 bits per heavy atom. The van der Waals surface area contributed by atoms with Crippen molar-refractivity contribution in [3.63, 3.8) is 0 Å². The number of H-pyrrole nitrogens is 2. The van der Waals surface area contributed by atoms with E-state index in [1.807, 2.05) is 133 Å². The maximum absolute atomic E-state index is 14.8. The predicted octanol–water partition coefficient (Wildman–Crippen LogP) is 13.6. The van der Waals surface area contributed by atoms with Gasteiger partial charge in [0, 0.05) is 123 Å². The Morgan fingerprint density at radius 3 is 0.849 bits per heavy atom. The molecule has 9 heterocycles. The first-order valence-electron chi connectivity index (χ1n) is 34.6. The zero-order valence-electron chi connectivity index (χ0n) is 56.3. The van der Waals surface area contributed by atoms with Crippen LogP contribution in [0.15, 0.2) is 182 Å². The molecule has 0 radical (unpaired) electrons. The Morgan fingerprint density at radius 1 is 0.330 bits per heavy atom. The molecule has 106 heavy (non-hydrogen) atoms. The van der Waals surface area contributed by atoms with Crippen molar-refractivity contribution in [1.82, 2.24) is 29.7 Å². The van der Waals surface area contributed by atoms with Crippen molar-refractivity contribution in [3.05, 3.63) is 249 Å². The average molecular weight is 1400 g/mol. The summed E-state index contributed by atoms with van der Waals surface area (Å²) in [5.74, 6) is -7.20. The number of anilines is 2. The zero-order chi connectivity index (χ0) is 73.1. The highest BCUT2D eigenvalue weighted by molar-refractivity contribution is 6.41. The highest BCUT2D eigenvalue weighted by Crippen LogP contribution is 2.45. The molecule has 0 saturated heterocycles. The lowest BCUT2D eigenvalue weighted by molar-refractivity contribution is -0.139. The van der Waals surface area contributed by atoms with Gasteiger partial charge in [0.05, 0.1) is 34.2 Å². The molecule has 0 unspecified atom stereocenters. The molecule has 11 aromatic rings. The van der Waals surface area contributed by atoms with Crippen LogP contribution in [0.1, 0.15) is 144 Å². The molecule has 17 rings (SSSR count). The molecule has 8 bridgehead atoms. The standard InChI is InChI=1S/C84H60N10O12/c85-57(83(103)104)15-7-9-41-91-75(95)49-25-29-53-73-54(30-26-50(71(49)73)76(91)96)80(100)93(79(53)99)47-21-17-45(18-22-47)69-63-37-33-59(87-63)67(43-11-3-1-4-12-43)60-34-38-64(88-60)70(66-40-36-62(90-66)68(44-13-5-2-6-14-44)61-35-39-65(69)89-61)46-19-23-48(24-20-46)94-81(101)55-31-27-51-72-52(28-32-56(74(55)72)82(94)102)78(98)92(77(51)97)42-10-8-16-58(86)84(105)106/h1-6,11-14,17-40,57-58,87,90H,7-10,15-16,41-42,85-86H2,(H,103,104)(H,105,106)/t57-,58-/m0/s1. The first-order chi connectivity index (χ1) is 51.4. The maximum atomic E-state index is 14.8. The molecule has 6 aliphatic heterocycles. The number of aromatic amines is 2. The molecule has 6 aliphatic rings. The van der Waals surface area contributed by atoms with Crippen molar-refractivity contribution >= 4 is 138 Å². The van der Waals surface area contributed by atoms with E-state index in [2.05, 4.69) is 9.97 Å². The minimum atomic E-state index is -1.14. The molecule has 22 nitrogen and oxygen atoms in total. The number of hydrogen-bond donors (Lipinski definition) is 6. The molecule has 2 atom stereocenters. The van der Waals surface area contributed by atoms with E-state index in [1.54, 1.807) is 24.3 Å². The Kier molecular flexibility index (Phi) is 15.9. The molecule has 22 heteroatoms. The Labute approximate surface area is 602 Å². The van der Waals surface area contributed by atoms with Crippen LogP contribution in [0, 0.1) is 0 Å². The Hall–Kier alpha value is -13.7. The number of carbonyl (C=O) groups is 10. The summed E-state index contributed by atoms with van der Waals surface area (Å²) in [6, 6.07) is 51.6. The zero-order valence-corrected chi connectivity index (χ0v) is 56.3. The van der Waals surface area contributed by atoms with Gasteiger partial charge in [0.25, 0.3) is 47.3 Å². The summed E-state index contributed by atoms with van der Waals surface area (Å²) in [5.41, 5.74) is 24.4. The molecule has 8 aromatic carbocycles. The second-order valence-corrected chi connectivity index (χ2v) is 26.8. The van der Waals surface area contributed by atoms with Gasteiger partial charge in [-0.3, -0.25) is 57.7 Å². The second-order valence-electron chi connectivity index (χ2n) is 26.8. The molecule has 0 aliphatic carbocycles. The van der Waals surface area contributed by atoms with Gasteiger partial charge in [0.15, 0.2) is 0 Å². The highest BCUT2D eigenvalue weighted by atomic mass is 16.4. The monoisotopic (exact) mass is 1400 g/mol. The third-order valence-corrected chi connectivity index (χ3v) is 20.6. The lowest BCUT2D eigenvalue weighted by Gasteiger charge is -2.32. The number of aliphatic carboxylic acids is 2. The number of carbonyl (C=O) groups excluding carboxylic acids is 8. The van der Waals surface area contributed by atoms with E-state index in [-0.39, 0.29) is 103 Å². The third-order valence-electron chi connectivity index (χ3n) is 20.6. The summed E-state index contributed by atoms with van der Waals surface area (Å²) >= 11 is 0. The van der Waals surface area contributed by atoms with Crippen molar-refractivity contribution < 1.29 is 58.2 Å². The number of nitrogens with two attached hydrogens (primary N) is 2. The number of nitrogens with one attached hydrogen (secondary N) is 2. The molecular weight excluding hydrogens is 1340 g/mol. The minimum Gasteiger partial charge on any atom is -0.480 e. The van der Waals surface area contributed by atoms with Crippen LogP contribution >= 0.6 is 0 Å². The normalized spacial score (nSPS) is 14.9. The van der Waals surface area contributed by atoms with Crippen LogP contribution < -0.4 is 21.3 Å². The minimum absolute atomic E-state index is 0.0209. The average Bonchev–Trinajstić information content (AvgIpc) is 0.769. The Balaban J connectivity index is 0.737. The van der Waals surface area contributed by atoms with Crippen molar-refractivity contribution in [1.29, 1.82) is 0 Å². The van der Waals surface area contributed by atoms with Gasteiger partial charge in [-0.25, -0.2) is 19.8 Å². The van der Waals surface area contributed by atoms with Crippen LogP contribution in [0.2, 0.25) is 0 Å². The fraction of sp³-hybridized carbons (Fsp3) is 0.119. The largest absolute Gasteiger partial charge is 0.480 e. The number of aromatic nitrogens is 4. The van der Waals surface area contributed by atoms with Crippen molar-refractivity contribution in [3.8, 4) is 44.5 Å². The van der Waals surface area contributed by atoms with E-state index in [0.717, 1.165) is 41.9 Å². The number of imide groups is 4. The lowest BCUT2D eigenvalue weighted by Crippen LogP contribution is -2.43. The van der Waals surface area contributed by atoms with Crippen LogP contribution in [-0.2, 0) is 9.59 Å². The van der Waals surface area contributed by atoms with E-state index < -0.39 is 71.3 Å². The van der Waals surface area contributed by atoms with Gasteiger partial charge in [-0.05, 0) is 182 Å². The quantitative estimate of drug-likeness (QED) is 0.0343. The van der Waals surface area contributed by atoms with Crippen LogP contribution in [0.25, 0.3) is 112 Å². The summed E-state index contributed by atoms with van der Waals surface area (Å²) in [5, 5.41) is 19.4. The number of carboxylic acid groups (broad SMARTS) is 2. The topological polar surface area (TPSA) is 334 Å². The van der Waals surface area contributed by atoms with Crippen molar-refractivity contribution in [2.24, 2.45) is 11.5 Å². The molecule has 3 aromatic heterocycles. The number of amides is 8. The number of rotatable bonds is 18. The molecule has 0 spiro atoms. The summed E-state index contributed by atoms with van der Waals surface area (Å²) < 4.78 is 0. The van der Waals surface area contributed by atoms with Gasteiger partial charge >= 0.3 is 11.9 Å². The first kappa shape index (κ1) is 65.6. The molecule has 0 saturated carbocycles. The number of hydrogen-bond acceptors (Lipinski definition) is 14. The van der Waals surface area contributed by atoms with Crippen LogP contribution in [0.5, 0.6) is 0 Å². The number of nitrogens with zero attached hydrogens (tertiary/aromatic N) is 6. The number of fused-ring (bicyclic) bond motifs is 8. The molecule has 8 N–H and O–H groups in total. The third kappa shape index (κ3) is 10.6. The SMILES string of the molecule is N[C@@H](CCCCN1C(=O)c2ccc3c4c(ccc(c24)C1=O)C(=O)N(c1ccc(-c2c4nc(c(-c5ccccc5)c5ccc([nH]5)c(-c5ccc(N6C(=O)c7ccc8c9c(ccc(c79)C6=O)C(=O)N(CCCC[C@H](N)C(=O)O)C8=O)cc5)c5nc(c(-c6ccccc6)c6ccc2[nH]6)C=C5)C=C4)cc1)C3=O)C(=O)O. The molecule has 8 amide bonds. The van der Waals surface area contributed by atoms with Gasteiger partial charge < -0.3 is 31.6 Å². The van der Waals surface area contributed by atoms with E-state index in [4.69, 9.17) is 21.4 Å². The van der Waals surface area contributed by atoms with Crippen LogP contribution in [0.4, 0.5) is 11.4 Å². The van der Waals surface area contributed by atoms with Crippen molar-refractivity contribution in [2.75, 3.05) is 22.9 Å². The van der Waals surface area contributed by atoms with E-state index in [1.165, 1.54) is 48.5 Å². The maximum Gasteiger partial charge on any atom is 0.320 e. The Bertz CT molecular complexity index is 5530. The first-order valence-corrected chi connectivity index (χ1v) is 34.6. The summed E-state index contributed by atoms with van der Waals surface area (Å²) in [6.45, 7) is 0.0419. The van der Waals surface area contributed by atoms with E-state index in [0.29, 0.717) is 92.8 Å². The van der Waals surface area contributed by atoms with Crippen LogP contribution in [-0.4, -0.2) is 124 Å². The van der Waals surface area contributed by atoms with Gasteiger partial charge in [-0.2, -0.15) is 0 Å². The summed E-state index contributed by atoms with van der Waals surface area (Å²) in [4.78, 5) is 161.